The lowest BCUT2D eigenvalue weighted by Crippen LogP contribution is -2.25. The number of carbonyl (C=O) groups excluding carboxylic acids is 1. The van der Waals surface area contributed by atoms with Crippen molar-refractivity contribution in [3.63, 3.8) is 0 Å². The van der Waals surface area contributed by atoms with Gasteiger partial charge in [-0.25, -0.2) is 0 Å². The minimum Gasteiger partial charge on any atom is -0.350 e. The molecular weight excluding hydrogens is 305 g/mol. The van der Waals surface area contributed by atoms with Crippen molar-refractivity contribution in [2.45, 2.75) is 25.1 Å². The van der Waals surface area contributed by atoms with Crippen LogP contribution in [-0.4, -0.2) is 10.9 Å². The van der Waals surface area contributed by atoms with Crippen molar-refractivity contribution in [2.24, 2.45) is 5.92 Å². The van der Waals surface area contributed by atoms with Crippen LogP contribution >= 0.6 is 0 Å². The summed E-state index contributed by atoms with van der Waals surface area (Å²) in [5.41, 5.74) is 0.876. The van der Waals surface area contributed by atoms with Gasteiger partial charge in [0.1, 0.15) is 0 Å². The molecule has 0 spiro atoms. The van der Waals surface area contributed by atoms with Crippen molar-refractivity contribution in [2.75, 3.05) is 0 Å². The maximum absolute atomic E-state index is 12.5. The molecule has 1 saturated carbocycles. The van der Waals surface area contributed by atoms with Gasteiger partial charge in [0.15, 0.2) is 0 Å². The Hall–Kier alpha value is -2.37. The fourth-order valence-electron chi connectivity index (χ4n) is 2.58. The number of nitrogens with zero attached hydrogens (tertiary/aromatic N) is 1. The van der Waals surface area contributed by atoms with E-state index in [0.29, 0.717) is 13.0 Å². The van der Waals surface area contributed by atoms with Crippen LogP contribution in [0.5, 0.6) is 0 Å². The van der Waals surface area contributed by atoms with Crippen molar-refractivity contribution in [1.82, 2.24) is 10.3 Å². The molecule has 2 unspecified atom stereocenters. The number of hydrogen-bond acceptors (Lipinski definition) is 2. The number of amides is 1. The van der Waals surface area contributed by atoms with Gasteiger partial charge in [0, 0.05) is 12.1 Å². The molecule has 2 aromatic rings. The van der Waals surface area contributed by atoms with E-state index in [9.17, 15) is 18.0 Å². The van der Waals surface area contributed by atoms with E-state index in [1.807, 2.05) is 12.1 Å². The maximum atomic E-state index is 12.5. The fourth-order valence-corrected chi connectivity index (χ4v) is 2.58. The summed E-state index contributed by atoms with van der Waals surface area (Å²) in [7, 11) is 0. The summed E-state index contributed by atoms with van der Waals surface area (Å²) in [4.78, 5) is 16.2. The number of alkyl halides is 3. The van der Waals surface area contributed by atoms with E-state index in [1.165, 1.54) is 12.1 Å². The number of benzene rings is 1. The first kappa shape index (κ1) is 15.5. The molecule has 1 fully saturated rings. The quantitative estimate of drug-likeness (QED) is 0.936. The Bertz CT molecular complexity index is 683. The Morgan fingerprint density at radius 1 is 1.17 bits per heavy atom. The monoisotopic (exact) mass is 320 g/mol. The van der Waals surface area contributed by atoms with Gasteiger partial charge >= 0.3 is 6.18 Å². The van der Waals surface area contributed by atoms with Crippen LogP contribution in [0.1, 0.15) is 29.2 Å². The molecule has 1 aromatic heterocycles. The van der Waals surface area contributed by atoms with Crippen LogP contribution in [0.25, 0.3) is 0 Å². The average Bonchev–Trinajstić information content (AvgIpc) is 3.34. The van der Waals surface area contributed by atoms with Crippen molar-refractivity contribution in [3.05, 3.63) is 65.5 Å². The van der Waals surface area contributed by atoms with Crippen LogP contribution in [0.3, 0.4) is 0 Å². The number of rotatable bonds is 4. The van der Waals surface area contributed by atoms with Gasteiger partial charge in [-0.1, -0.05) is 18.2 Å². The molecular formula is C17H15F3N2O. The second kappa shape index (κ2) is 6.02. The largest absolute Gasteiger partial charge is 0.416 e. The van der Waals surface area contributed by atoms with Crippen molar-refractivity contribution >= 4 is 5.91 Å². The van der Waals surface area contributed by atoms with E-state index < -0.39 is 11.7 Å². The van der Waals surface area contributed by atoms with Gasteiger partial charge in [-0.3, -0.25) is 9.78 Å². The van der Waals surface area contributed by atoms with Gasteiger partial charge in [-0.15, -0.1) is 0 Å². The summed E-state index contributed by atoms with van der Waals surface area (Å²) in [6.45, 7) is 0.357. The highest BCUT2D eigenvalue weighted by Gasteiger charge is 2.44. The van der Waals surface area contributed by atoms with Gasteiger partial charge < -0.3 is 5.32 Å². The summed E-state index contributed by atoms with van der Waals surface area (Å²) in [5, 5.41) is 2.81. The number of halogens is 3. The highest BCUT2D eigenvalue weighted by molar-refractivity contribution is 5.82. The number of pyridine rings is 1. The predicted octanol–water partition coefficient (Wildman–Crippen LogP) is 3.52. The zero-order valence-electron chi connectivity index (χ0n) is 12.2. The summed E-state index contributed by atoms with van der Waals surface area (Å²) in [6.07, 6.45) is -2.01. The number of carbonyl (C=O) groups is 1. The molecule has 3 nitrogen and oxygen atoms in total. The highest BCUT2D eigenvalue weighted by atomic mass is 19.4. The Balaban J connectivity index is 1.55. The van der Waals surface area contributed by atoms with E-state index in [0.717, 1.165) is 23.4 Å². The van der Waals surface area contributed by atoms with Crippen LogP contribution in [0.4, 0.5) is 13.2 Å². The van der Waals surface area contributed by atoms with E-state index in [2.05, 4.69) is 10.3 Å². The minimum atomic E-state index is -4.33. The molecule has 0 aliphatic heterocycles. The molecule has 2 atom stereocenters. The third-order valence-corrected chi connectivity index (χ3v) is 3.96. The molecule has 1 amide bonds. The van der Waals surface area contributed by atoms with Crippen molar-refractivity contribution < 1.29 is 18.0 Å². The lowest BCUT2D eigenvalue weighted by Gasteiger charge is -2.08. The standard InChI is InChI=1S/C17H15F3N2O/c18-17(19,20)12-6-4-11(5-7-12)14-9-15(14)16(23)22-10-13-3-1-2-8-21-13/h1-8,14-15H,9-10H2,(H,22,23). The molecule has 0 bridgehead atoms. The number of hydrogen-bond donors (Lipinski definition) is 1. The smallest absolute Gasteiger partial charge is 0.350 e. The Labute approximate surface area is 131 Å². The minimum absolute atomic E-state index is 0.000941. The van der Waals surface area contributed by atoms with Gasteiger partial charge in [-0.05, 0) is 42.2 Å². The highest BCUT2D eigenvalue weighted by Crippen LogP contribution is 2.48. The molecule has 1 heterocycles. The fraction of sp³-hybridized carbons (Fsp3) is 0.294. The second-order valence-corrected chi connectivity index (χ2v) is 5.61. The molecule has 23 heavy (non-hydrogen) atoms. The third kappa shape index (κ3) is 3.70. The molecule has 0 saturated heterocycles. The molecule has 1 aliphatic carbocycles. The van der Waals surface area contributed by atoms with Crippen LogP contribution in [0.2, 0.25) is 0 Å². The van der Waals surface area contributed by atoms with E-state index in [-0.39, 0.29) is 17.7 Å². The zero-order valence-corrected chi connectivity index (χ0v) is 12.2. The summed E-state index contributed by atoms with van der Waals surface area (Å²) in [5.74, 6) is -0.253. The van der Waals surface area contributed by atoms with Crippen molar-refractivity contribution in [1.29, 1.82) is 0 Å². The molecule has 120 valence electrons. The van der Waals surface area contributed by atoms with Crippen LogP contribution < -0.4 is 5.32 Å². The lowest BCUT2D eigenvalue weighted by molar-refractivity contribution is -0.137. The SMILES string of the molecule is O=C(NCc1ccccn1)C1CC1c1ccc(C(F)(F)F)cc1. The maximum Gasteiger partial charge on any atom is 0.416 e. The number of nitrogens with one attached hydrogen (secondary N) is 1. The molecule has 0 radical (unpaired) electrons. The van der Waals surface area contributed by atoms with E-state index >= 15 is 0 Å². The van der Waals surface area contributed by atoms with Gasteiger partial charge in [0.05, 0.1) is 17.8 Å². The summed E-state index contributed by atoms with van der Waals surface area (Å²) in [6, 6.07) is 10.5. The Morgan fingerprint density at radius 2 is 1.91 bits per heavy atom. The Morgan fingerprint density at radius 3 is 2.52 bits per heavy atom. The normalized spacial score (nSPS) is 20.1. The Kier molecular flexibility index (Phi) is 4.07. The first-order valence-electron chi connectivity index (χ1n) is 7.30. The molecule has 1 N–H and O–H groups in total. The van der Waals surface area contributed by atoms with E-state index in [1.54, 1.807) is 12.3 Å². The summed E-state index contributed by atoms with van der Waals surface area (Å²) >= 11 is 0. The van der Waals surface area contributed by atoms with Crippen LogP contribution in [0.15, 0.2) is 48.7 Å². The first-order chi connectivity index (χ1) is 10.9. The number of aromatic nitrogens is 1. The van der Waals surface area contributed by atoms with Crippen LogP contribution in [-0.2, 0) is 17.5 Å². The summed E-state index contributed by atoms with van der Waals surface area (Å²) < 4.78 is 37.6. The van der Waals surface area contributed by atoms with Gasteiger partial charge in [-0.2, -0.15) is 13.2 Å². The molecule has 6 heteroatoms. The topological polar surface area (TPSA) is 42.0 Å². The van der Waals surface area contributed by atoms with Crippen molar-refractivity contribution in [3.8, 4) is 0 Å². The predicted molar refractivity (Wildman–Crippen MR) is 78.4 cm³/mol. The van der Waals surface area contributed by atoms with E-state index in [4.69, 9.17) is 0 Å². The van der Waals surface area contributed by atoms with Crippen LogP contribution in [0, 0.1) is 5.92 Å². The van der Waals surface area contributed by atoms with Gasteiger partial charge in [0.25, 0.3) is 0 Å². The van der Waals surface area contributed by atoms with Gasteiger partial charge in [0.2, 0.25) is 5.91 Å². The molecule has 1 aliphatic rings. The average molecular weight is 320 g/mol. The third-order valence-electron chi connectivity index (χ3n) is 3.96. The second-order valence-electron chi connectivity index (χ2n) is 5.61. The zero-order chi connectivity index (χ0) is 16.4. The molecule has 3 rings (SSSR count). The molecule has 1 aromatic carbocycles. The first-order valence-corrected chi connectivity index (χ1v) is 7.30. The lowest BCUT2D eigenvalue weighted by atomic mass is 10.1.